The molecule has 1 aliphatic rings. The number of benzene rings is 1. The third-order valence-corrected chi connectivity index (χ3v) is 3.42. The Balaban J connectivity index is 2.07. The lowest BCUT2D eigenvalue weighted by Crippen LogP contribution is -2.38. The summed E-state index contributed by atoms with van der Waals surface area (Å²) in [5.74, 6) is -1.28. The van der Waals surface area contributed by atoms with E-state index in [2.05, 4.69) is 0 Å². The zero-order chi connectivity index (χ0) is 13.3. The van der Waals surface area contributed by atoms with E-state index in [4.69, 9.17) is 5.11 Å². The summed E-state index contributed by atoms with van der Waals surface area (Å²) in [7, 11) is 1.66. The van der Waals surface area contributed by atoms with E-state index in [1.807, 2.05) is 31.2 Å². The van der Waals surface area contributed by atoms with Crippen LogP contribution in [-0.2, 0) is 16.1 Å². The fourth-order valence-electron chi connectivity index (χ4n) is 2.17. The SMILES string of the molecule is Cc1cccc(CN(C)C(=O)C2(C(=O)O)CC2)c1. The maximum atomic E-state index is 12.1. The Bertz CT molecular complexity index is 492. The van der Waals surface area contributed by atoms with Gasteiger partial charge in [-0.3, -0.25) is 9.59 Å². The number of nitrogens with zero attached hydrogens (tertiary/aromatic N) is 1. The van der Waals surface area contributed by atoms with Crippen molar-refractivity contribution in [2.24, 2.45) is 5.41 Å². The zero-order valence-electron chi connectivity index (χ0n) is 10.6. The van der Waals surface area contributed by atoms with Crippen molar-refractivity contribution < 1.29 is 14.7 Å². The van der Waals surface area contributed by atoms with E-state index in [-0.39, 0.29) is 5.91 Å². The normalized spacial score (nSPS) is 16.1. The summed E-state index contributed by atoms with van der Waals surface area (Å²) in [5.41, 5.74) is 1.01. The van der Waals surface area contributed by atoms with Crippen LogP contribution in [0.4, 0.5) is 0 Å². The zero-order valence-corrected chi connectivity index (χ0v) is 10.6. The number of carbonyl (C=O) groups is 2. The van der Waals surface area contributed by atoms with Crippen molar-refractivity contribution in [1.82, 2.24) is 4.90 Å². The largest absolute Gasteiger partial charge is 0.480 e. The van der Waals surface area contributed by atoms with Gasteiger partial charge < -0.3 is 10.0 Å². The molecule has 1 aromatic carbocycles. The summed E-state index contributed by atoms with van der Waals surface area (Å²) in [6.45, 7) is 2.44. The summed E-state index contributed by atoms with van der Waals surface area (Å²) in [6, 6.07) is 7.87. The van der Waals surface area contributed by atoms with Gasteiger partial charge in [-0.25, -0.2) is 0 Å². The Morgan fingerprint density at radius 1 is 1.39 bits per heavy atom. The Labute approximate surface area is 106 Å². The lowest BCUT2D eigenvalue weighted by Gasteiger charge is -2.21. The number of amides is 1. The third kappa shape index (κ3) is 2.23. The molecule has 0 atom stereocenters. The van der Waals surface area contributed by atoms with Crippen LogP contribution in [0.2, 0.25) is 0 Å². The summed E-state index contributed by atoms with van der Waals surface area (Å²) in [4.78, 5) is 24.7. The van der Waals surface area contributed by atoms with Gasteiger partial charge in [0.15, 0.2) is 0 Å². The number of carboxylic acid groups (broad SMARTS) is 1. The van der Waals surface area contributed by atoms with E-state index in [0.29, 0.717) is 19.4 Å². The molecule has 1 fully saturated rings. The summed E-state index contributed by atoms with van der Waals surface area (Å²) in [5, 5.41) is 9.09. The van der Waals surface area contributed by atoms with E-state index >= 15 is 0 Å². The predicted octanol–water partition coefficient (Wildman–Crippen LogP) is 1.82. The number of carboxylic acids is 1. The van der Waals surface area contributed by atoms with Crippen molar-refractivity contribution in [3.05, 3.63) is 35.4 Å². The van der Waals surface area contributed by atoms with Gasteiger partial charge in [-0.05, 0) is 25.3 Å². The highest BCUT2D eigenvalue weighted by atomic mass is 16.4. The van der Waals surface area contributed by atoms with Crippen LogP contribution >= 0.6 is 0 Å². The Morgan fingerprint density at radius 3 is 2.56 bits per heavy atom. The molecule has 0 unspecified atom stereocenters. The minimum atomic E-state index is -1.14. The highest BCUT2D eigenvalue weighted by Crippen LogP contribution is 2.47. The molecule has 1 aromatic rings. The van der Waals surface area contributed by atoms with E-state index in [0.717, 1.165) is 11.1 Å². The number of hydrogen-bond donors (Lipinski definition) is 1. The van der Waals surface area contributed by atoms with Crippen LogP contribution in [0, 0.1) is 12.3 Å². The summed E-state index contributed by atoms with van der Waals surface area (Å²) >= 11 is 0. The van der Waals surface area contributed by atoms with E-state index < -0.39 is 11.4 Å². The van der Waals surface area contributed by atoms with Crippen molar-refractivity contribution in [3.8, 4) is 0 Å². The molecule has 0 heterocycles. The van der Waals surface area contributed by atoms with Crippen LogP contribution in [0.5, 0.6) is 0 Å². The predicted molar refractivity (Wildman–Crippen MR) is 67.0 cm³/mol. The minimum Gasteiger partial charge on any atom is -0.480 e. The molecule has 18 heavy (non-hydrogen) atoms. The maximum Gasteiger partial charge on any atom is 0.319 e. The Kier molecular flexibility index (Phi) is 3.11. The first kappa shape index (κ1) is 12.6. The molecule has 0 spiro atoms. The molecule has 0 radical (unpaired) electrons. The van der Waals surface area contributed by atoms with E-state index in [9.17, 15) is 9.59 Å². The average molecular weight is 247 g/mol. The standard InChI is InChI=1S/C14H17NO3/c1-10-4-3-5-11(8-10)9-15(2)12(16)14(6-7-14)13(17)18/h3-5,8H,6-7,9H2,1-2H3,(H,17,18). The first-order chi connectivity index (χ1) is 8.45. The van der Waals surface area contributed by atoms with Gasteiger partial charge >= 0.3 is 5.97 Å². The Hall–Kier alpha value is -1.84. The van der Waals surface area contributed by atoms with Gasteiger partial charge in [-0.15, -0.1) is 0 Å². The molecule has 1 N–H and O–H groups in total. The van der Waals surface area contributed by atoms with Crippen molar-refractivity contribution in [2.75, 3.05) is 7.05 Å². The molecular weight excluding hydrogens is 230 g/mol. The van der Waals surface area contributed by atoms with Crippen LogP contribution in [-0.4, -0.2) is 28.9 Å². The second-order valence-electron chi connectivity index (χ2n) is 5.04. The van der Waals surface area contributed by atoms with Crippen molar-refractivity contribution in [3.63, 3.8) is 0 Å². The molecule has 0 aliphatic heterocycles. The molecule has 1 saturated carbocycles. The molecule has 2 rings (SSSR count). The van der Waals surface area contributed by atoms with Crippen LogP contribution < -0.4 is 0 Å². The second kappa shape index (κ2) is 4.44. The first-order valence-corrected chi connectivity index (χ1v) is 6.00. The smallest absolute Gasteiger partial charge is 0.319 e. The van der Waals surface area contributed by atoms with Crippen molar-refractivity contribution >= 4 is 11.9 Å². The minimum absolute atomic E-state index is 0.281. The van der Waals surface area contributed by atoms with Gasteiger partial charge in [-0.2, -0.15) is 0 Å². The number of aliphatic carboxylic acids is 1. The third-order valence-electron chi connectivity index (χ3n) is 3.42. The highest BCUT2D eigenvalue weighted by Gasteiger charge is 2.58. The van der Waals surface area contributed by atoms with Crippen LogP contribution in [0.1, 0.15) is 24.0 Å². The first-order valence-electron chi connectivity index (χ1n) is 6.00. The highest BCUT2D eigenvalue weighted by molar-refractivity contribution is 6.04. The molecular formula is C14H17NO3. The molecule has 0 saturated heterocycles. The van der Waals surface area contributed by atoms with Crippen molar-refractivity contribution in [1.29, 1.82) is 0 Å². The molecule has 0 aromatic heterocycles. The molecule has 4 nitrogen and oxygen atoms in total. The van der Waals surface area contributed by atoms with Crippen molar-refractivity contribution in [2.45, 2.75) is 26.3 Å². The maximum absolute atomic E-state index is 12.1. The second-order valence-corrected chi connectivity index (χ2v) is 5.04. The quantitative estimate of drug-likeness (QED) is 0.826. The summed E-state index contributed by atoms with van der Waals surface area (Å²) < 4.78 is 0. The fourth-order valence-corrected chi connectivity index (χ4v) is 2.17. The lowest BCUT2D eigenvalue weighted by molar-refractivity contribution is -0.153. The number of rotatable bonds is 4. The number of aryl methyl sites for hydroxylation is 1. The topological polar surface area (TPSA) is 57.6 Å². The number of hydrogen-bond acceptors (Lipinski definition) is 2. The van der Waals surface area contributed by atoms with Gasteiger partial charge in [0, 0.05) is 13.6 Å². The van der Waals surface area contributed by atoms with Gasteiger partial charge in [0.1, 0.15) is 5.41 Å². The van der Waals surface area contributed by atoms with Crippen LogP contribution in [0.3, 0.4) is 0 Å². The molecule has 4 heteroatoms. The Morgan fingerprint density at radius 2 is 2.06 bits per heavy atom. The van der Waals surface area contributed by atoms with Gasteiger partial charge in [0.2, 0.25) is 5.91 Å². The van der Waals surface area contributed by atoms with Gasteiger partial charge in [0.25, 0.3) is 0 Å². The van der Waals surface area contributed by atoms with Crippen LogP contribution in [0.15, 0.2) is 24.3 Å². The van der Waals surface area contributed by atoms with E-state index in [1.54, 1.807) is 7.05 Å². The van der Waals surface area contributed by atoms with Crippen LogP contribution in [0.25, 0.3) is 0 Å². The average Bonchev–Trinajstić information content (AvgIpc) is 3.09. The molecule has 0 bridgehead atoms. The monoisotopic (exact) mass is 247 g/mol. The molecule has 1 aliphatic carbocycles. The lowest BCUT2D eigenvalue weighted by atomic mass is 10.1. The number of carbonyl (C=O) groups excluding carboxylic acids is 1. The van der Waals surface area contributed by atoms with Gasteiger partial charge in [-0.1, -0.05) is 29.8 Å². The summed E-state index contributed by atoms with van der Waals surface area (Å²) in [6.07, 6.45) is 0.915. The fraction of sp³-hybridized carbons (Fsp3) is 0.429. The molecule has 96 valence electrons. The molecule has 1 amide bonds. The van der Waals surface area contributed by atoms with Gasteiger partial charge in [0.05, 0.1) is 0 Å². The van der Waals surface area contributed by atoms with E-state index in [1.165, 1.54) is 4.90 Å².